The minimum absolute atomic E-state index is 0.145. The van der Waals surface area contributed by atoms with Crippen LogP contribution in [0, 0.1) is 11.8 Å². The Morgan fingerprint density at radius 3 is 2.48 bits per heavy atom. The lowest BCUT2D eigenvalue weighted by atomic mass is 9.81. The summed E-state index contributed by atoms with van der Waals surface area (Å²) >= 11 is 0. The Morgan fingerprint density at radius 1 is 1.14 bits per heavy atom. The molecule has 1 saturated carbocycles. The summed E-state index contributed by atoms with van der Waals surface area (Å²) in [4.78, 5) is 0.435. The normalized spacial score (nSPS) is 23.0. The highest BCUT2D eigenvalue weighted by Crippen LogP contribution is 2.30. The maximum Gasteiger partial charge on any atom is 0.180 e. The average molecular weight is 309 g/mol. The van der Waals surface area contributed by atoms with Crippen LogP contribution in [0.15, 0.2) is 29.2 Å². The molecule has 1 aliphatic rings. The van der Waals surface area contributed by atoms with Crippen molar-refractivity contribution in [2.75, 3.05) is 17.6 Å². The molecule has 3 nitrogen and oxygen atoms in total. The predicted molar refractivity (Wildman–Crippen MR) is 88.4 cm³/mol. The highest BCUT2D eigenvalue weighted by molar-refractivity contribution is 7.91. The molecule has 1 fully saturated rings. The average Bonchev–Trinajstić information content (AvgIpc) is 2.50. The van der Waals surface area contributed by atoms with E-state index in [4.69, 9.17) is 0 Å². The van der Waals surface area contributed by atoms with E-state index in [1.54, 1.807) is 19.1 Å². The van der Waals surface area contributed by atoms with Crippen molar-refractivity contribution >= 4 is 15.5 Å². The zero-order valence-corrected chi connectivity index (χ0v) is 14.0. The molecule has 21 heavy (non-hydrogen) atoms. The van der Waals surface area contributed by atoms with Gasteiger partial charge in [-0.25, -0.2) is 8.42 Å². The number of hydrogen-bond donors (Lipinski definition) is 1. The van der Waals surface area contributed by atoms with Crippen LogP contribution in [-0.2, 0) is 9.84 Å². The fourth-order valence-electron chi connectivity index (χ4n) is 3.07. The molecule has 0 bridgehead atoms. The third-order valence-corrected chi connectivity index (χ3v) is 6.39. The fourth-order valence-corrected chi connectivity index (χ4v) is 4.14. The molecule has 0 saturated heterocycles. The van der Waals surface area contributed by atoms with Crippen molar-refractivity contribution < 1.29 is 8.42 Å². The quantitative estimate of drug-likeness (QED) is 0.860. The summed E-state index contributed by atoms with van der Waals surface area (Å²) in [7, 11) is -3.15. The molecule has 1 aromatic rings. The van der Waals surface area contributed by atoms with Crippen molar-refractivity contribution in [3.8, 4) is 0 Å². The fraction of sp³-hybridized carbons (Fsp3) is 0.647. The van der Waals surface area contributed by atoms with Crippen molar-refractivity contribution in [2.45, 2.75) is 50.8 Å². The van der Waals surface area contributed by atoms with Crippen molar-refractivity contribution in [3.05, 3.63) is 24.3 Å². The number of hydrogen-bond acceptors (Lipinski definition) is 3. The van der Waals surface area contributed by atoms with Crippen LogP contribution in [0.3, 0.4) is 0 Å². The number of nitrogens with one attached hydrogen (secondary N) is 1. The van der Waals surface area contributed by atoms with E-state index in [9.17, 15) is 8.42 Å². The first-order chi connectivity index (χ1) is 10.0. The lowest BCUT2D eigenvalue weighted by Crippen LogP contribution is -2.16. The van der Waals surface area contributed by atoms with Crippen LogP contribution < -0.4 is 5.32 Å². The third-order valence-electron chi connectivity index (χ3n) is 4.61. The highest BCUT2D eigenvalue weighted by atomic mass is 32.2. The van der Waals surface area contributed by atoms with Crippen LogP contribution >= 0.6 is 0 Å². The number of anilines is 1. The van der Waals surface area contributed by atoms with E-state index in [1.165, 1.54) is 25.7 Å². The van der Waals surface area contributed by atoms with Gasteiger partial charge in [0.1, 0.15) is 0 Å². The topological polar surface area (TPSA) is 46.2 Å². The van der Waals surface area contributed by atoms with E-state index < -0.39 is 9.84 Å². The van der Waals surface area contributed by atoms with Crippen LogP contribution in [0.25, 0.3) is 0 Å². The van der Waals surface area contributed by atoms with Gasteiger partial charge in [-0.3, -0.25) is 0 Å². The van der Waals surface area contributed by atoms with E-state index >= 15 is 0 Å². The first-order valence-electron chi connectivity index (χ1n) is 8.08. The molecule has 2 rings (SSSR count). The number of sulfone groups is 1. The van der Waals surface area contributed by atoms with Crippen LogP contribution in [0.1, 0.15) is 46.0 Å². The molecule has 1 aromatic carbocycles. The van der Waals surface area contributed by atoms with Gasteiger partial charge in [-0.05, 0) is 30.4 Å². The maximum atomic E-state index is 12.1. The minimum atomic E-state index is -3.15. The van der Waals surface area contributed by atoms with Gasteiger partial charge >= 0.3 is 0 Å². The van der Waals surface area contributed by atoms with Crippen LogP contribution in [0.4, 0.5) is 5.69 Å². The zero-order valence-electron chi connectivity index (χ0n) is 13.1. The maximum absolute atomic E-state index is 12.1. The summed E-state index contributed by atoms with van der Waals surface area (Å²) in [5, 5.41) is 3.33. The predicted octanol–water partition coefficient (Wildman–Crippen LogP) is 4.11. The molecule has 0 aromatic heterocycles. The highest BCUT2D eigenvalue weighted by Gasteiger charge is 2.19. The summed E-state index contributed by atoms with van der Waals surface area (Å²) < 4.78 is 24.2. The van der Waals surface area contributed by atoms with E-state index in [0.717, 1.165) is 30.5 Å². The zero-order chi connectivity index (χ0) is 15.3. The monoisotopic (exact) mass is 309 g/mol. The Balaban J connectivity index is 1.92. The Labute approximate surface area is 129 Å². The van der Waals surface area contributed by atoms with Gasteiger partial charge in [-0.15, -0.1) is 0 Å². The second-order valence-electron chi connectivity index (χ2n) is 6.24. The van der Waals surface area contributed by atoms with Crippen molar-refractivity contribution in [2.24, 2.45) is 11.8 Å². The van der Waals surface area contributed by atoms with Crippen molar-refractivity contribution in [3.63, 3.8) is 0 Å². The summed E-state index contributed by atoms with van der Waals surface area (Å²) in [6.07, 6.45) is 6.44. The molecule has 0 aliphatic heterocycles. The molecular weight excluding hydrogens is 282 g/mol. The molecular formula is C17H27NO2S. The van der Waals surface area contributed by atoms with Gasteiger partial charge in [0.2, 0.25) is 0 Å². The lowest BCUT2D eigenvalue weighted by molar-refractivity contribution is 0.282. The molecule has 1 aliphatic carbocycles. The van der Waals surface area contributed by atoms with E-state index in [1.807, 2.05) is 12.1 Å². The summed E-state index contributed by atoms with van der Waals surface area (Å²) in [5.74, 6) is 1.82. The van der Waals surface area contributed by atoms with Crippen molar-refractivity contribution in [1.29, 1.82) is 0 Å². The molecule has 0 spiro atoms. The smallest absolute Gasteiger partial charge is 0.180 e. The number of benzene rings is 1. The third kappa shape index (κ3) is 4.47. The number of para-hydroxylation sites is 1. The van der Waals surface area contributed by atoms with Gasteiger partial charge in [-0.2, -0.15) is 0 Å². The Bertz CT molecular complexity index is 546. The minimum Gasteiger partial charge on any atom is -0.384 e. The molecule has 0 amide bonds. The molecule has 0 atom stereocenters. The van der Waals surface area contributed by atoms with E-state index in [-0.39, 0.29) is 5.75 Å². The summed E-state index contributed by atoms with van der Waals surface area (Å²) in [5.41, 5.74) is 0.753. The Morgan fingerprint density at radius 2 is 1.81 bits per heavy atom. The molecule has 0 radical (unpaired) electrons. The Kier molecular flexibility index (Phi) is 5.68. The molecule has 0 unspecified atom stereocenters. The Hall–Kier alpha value is -1.03. The van der Waals surface area contributed by atoms with Gasteiger partial charge in [0.05, 0.1) is 16.3 Å². The van der Waals surface area contributed by atoms with Crippen LogP contribution in [0.2, 0.25) is 0 Å². The van der Waals surface area contributed by atoms with Gasteiger partial charge in [0.25, 0.3) is 0 Å². The van der Waals surface area contributed by atoms with Crippen molar-refractivity contribution in [1.82, 2.24) is 0 Å². The van der Waals surface area contributed by atoms with E-state index in [0.29, 0.717) is 4.90 Å². The summed E-state index contributed by atoms with van der Waals surface area (Å²) in [6.45, 7) is 4.88. The molecule has 4 heteroatoms. The van der Waals surface area contributed by atoms with Gasteiger partial charge in [0.15, 0.2) is 9.84 Å². The second kappa shape index (κ2) is 7.30. The molecule has 118 valence electrons. The first-order valence-corrected chi connectivity index (χ1v) is 9.74. The largest absolute Gasteiger partial charge is 0.384 e. The van der Waals surface area contributed by atoms with Crippen LogP contribution in [-0.4, -0.2) is 20.7 Å². The molecule has 1 N–H and O–H groups in total. The SMILES string of the molecule is CCS(=O)(=O)c1ccccc1NCCC1CCC(C)CC1. The van der Waals surface area contributed by atoms with Gasteiger partial charge in [-0.1, -0.05) is 51.7 Å². The van der Waals surface area contributed by atoms with Gasteiger partial charge in [0, 0.05) is 6.54 Å². The lowest BCUT2D eigenvalue weighted by Gasteiger charge is -2.26. The van der Waals surface area contributed by atoms with Crippen LogP contribution in [0.5, 0.6) is 0 Å². The van der Waals surface area contributed by atoms with Gasteiger partial charge < -0.3 is 5.32 Å². The molecule has 0 heterocycles. The number of rotatable bonds is 6. The summed E-state index contributed by atoms with van der Waals surface area (Å²) in [6, 6.07) is 7.24. The standard InChI is InChI=1S/C17H27NO2S/c1-3-21(19,20)17-7-5-4-6-16(17)18-13-12-15-10-8-14(2)9-11-15/h4-7,14-15,18H,3,8-13H2,1-2H3. The first kappa shape index (κ1) is 16.3. The second-order valence-corrected chi connectivity index (χ2v) is 8.49. The van der Waals surface area contributed by atoms with E-state index in [2.05, 4.69) is 12.2 Å².